The van der Waals surface area contributed by atoms with Gasteiger partial charge in [0.25, 0.3) is 0 Å². The van der Waals surface area contributed by atoms with Gasteiger partial charge in [-0.15, -0.1) is 0 Å². The topological polar surface area (TPSA) is 39.1 Å². The highest BCUT2D eigenvalue weighted by Gasteiger charge is 2.10. The fraction of sp³-hybridized carbons (Fsp3) is 0.545. The lowest BCUT2D eigenvalue weighted by atomic mass is 10.1. The van der Waals surface area contributed by atoms with Crippen LogP contribution in [0.3, 0.4) is 0 Å². The third kappa shape index (κ3) is 2.83. The molecule has 4 heteroatoms. The Labute approximate surface area is 89.9 Å². The molecule has 2 heterocycles. The van der Waals surface area contributed by atoms with Crippen molar-refractivity contribution >= 4 is 0 Å². The predicted octanol–water partition coefficient (Wildman–Crippen LogP) is 1.20. The van der Waals surface area contributed by atoms with E-state index in [-0.39, 0.29) is 0 Å². The predicted molar refractivity (Wildman–Crippen MR) is 58.2 cm³/mol. The average molecular weight is 207 g/mol. The molecule has 1 aromatic heterocycles. The van der Waals surface area contributed by atoms with Crippen LogP contribution in [0.1, 0.15) is 18.5 Å². The summed E-state index contributed by atoms with van der Waals surface area (Å²) >= 11 is 0. The molecule has 15 heavy (non-hydrogen) atoms. The maximum absolute atomic E-state index is 5.46. The number of nitrogens with one attached hydrogen (secondary N) is 1. The van der Waals surface area contributed by atoms with Crippen LogP contribution in [0.4, 0.5) is 0 Å². The number of ether oxygens (including phenoxy) is 1. The number of hydrogen-bond donors (Lipinski definition) is 1. The largest absolute Gasteiger partial charge is 0.497 e. The van der Waals surface area contributed by atoms with E-state index in [0.717, 1.165) is 25.9 Å². The highest BCUT2D eigenvalue weighted by atomic mass is 16.5. The summed E-state index contributed by atoms with van der Waals surface area (Å²) in [5.41, 5.74) is 1.20. The van der Waals surface area contributed by atoms with Crippen molar-refractivity contribution in [3.8, 4) is 0 Å². The molecule has 1 atom stereocenters. The highest BCUT2D eigenvalue weighted by molar-refractivity contribution is 4.99. The Kier molecular flexibility index (Phi) is 3.40. The van der Waals surface area contributed by atoms with Gasteiger partial charge in [-0.25, -0.2) is 0 Å². The maximum Gasteiger partial charge on any atom is 0.110 e. The van der Waals surface area contributed by atoms with Gasteiger partial charge in [0.2, 0.25) is 0 Å². The third-order valence-electron chi connectivity index (χ3n) is 2.62. The molecule has 0 saturated heterocycles. The van der Waals surface area contributed by atoms with E-state index in [9.17, 15) is 0 Å². The summed E-state index contributed by atoms with van der Waals surface area (Å²) in [7, 11) is 1.96. The number of rotatable bonds is 4. The molecule has 0 aliphatic carbocycles. The summed E-state index contributed by atoms with van der Waals surface area (Å²) in [5.74, 6) is 0. The Hall–Kier alpha value is -1.29. The van der Waals surface area contributed by atoms with E-state index in [4.69, 9.17) is 4.74 Å². The molecular weight excluding hydrogens is 190 g/mol. The molecule has 1 N–H and O–H groups in total. The number of aryl methyl sites for hydroxylation is 1. The fourth-order valence-electron chi connectivity index (χ4n) is 1.67. The van der Waals surface area contributed by atoms with Crippen LogP contribution in [0.15, 0.2) is 24.6 Å². The molecule has 0 radical (unpaired) electrons. The van der Waals surface area contributed by atoms with E-state index in [2.05, 4.69) is 16.5 Å². The van der Waals surface area contributed by atoms with Gasteiger partial charge in [-0.05, 0) is 25.0 Å². The molecule has 0 bridgehead atoms. The first-order chi connectivity index (χ1) is 7.36. The second-order valence-electron chi connectivity index (χ2n) is 3.78. The van der Waals surface area contributed by atoms with Crippen molar-refractivity contribution < 1.29 is 4.74 Å². The van der Waals surface area contributed by atoms with Gasteiger partial charge in [-0.3, -0.25) is 4.68 Å². The second-order valence-corrected chi connectivity index (χ2v) is 3.78. The number of nitrogens with zero attached hydrogens (tertiary/aromatic N) is 2. The zero-order valence-electron chi connectivity index (χ0n) is 9.02. The molecule has 0 fully saturated rings. The Morgan fingerprint density at radius 3 is 3.27 bits per heavy atom. The number of hydrogen-bond acceptors (Lipinski definition) is 3. The van der Waals surface area contributed by atoms with Gasteiger partial charge in [0.15, 0.2) is 0 Å². The van der Waals surface area contributed by atoms with E-state index in [0.29, 0.717) is 6.10 Å². The van der Waals surface area contributed by atoms with Gasteiger partial charge in [0.05, 0.1) is 12.0 Å². The van der Waals surface area contributed by atoms with Crippen LogP contribution < -0.4 is 5.32 Å². The van der Waals surface area contributed by atoms with Gasteiger partial charge in [-0.2, -0.15) is 5.10 Å². The first kappa shape index (κ1) is 10.2. The summed E-state index contributed by atoms with van der Waals surface area (Å²) in [4.78, 5) is 0. The van der Waals surface area contributed by atoms with Crippen LogP contribution in [0, 0.1) is 0 Å². The lowest BCUT2D eigenvalue weighted by molar-refractivity contribution is 0.122. The SMILES string of the molecule is Cn1nccc1CNCC1CCC=CO1. The smallest absolute Gasteiger partial charge is 0.110 e. The molecule has 0 amide bonds. The lowest BCUT2D eigenvalue weighted by Gasteiger charge is -2.19. The maximum atomic E-state index is 5.46. The van der Waals surface area contributed by atoms with Crippen molar-refractivity contribution in [1.82, 2.24) is 15.1 Å². The van der Waals surface area contributed by atoms with Crippen molar-refractivity contribution in [2.24, 2.45) is 7.05 Å². The van der Waals surface area contributed by atoms with Crippen LogP contribution in [-0.4, -0.2) is 22.4 Å². The van der Waals surface area contributed by atoms with Crippen LogP contribution in [0.25, 0.3) is 0 Å². The minimum absolute atomic E-state index is 0.322. The van der Waals surface area contributed by atoms with Gasteiger partial charge >= 0.3 is 0 Å². The second kappa shape index (κ2) is 4.98. The minimum Gasteiger partial charge on any atom is -0.497 e. The van der Waals surface area contributed by atoms with Crippen molar-refractivity contribution in [2.45, 2.75) is 25.5 Å². The van der Waals surface area contributed by atoms with Gasteiger partial charge in [-0.1, -0.05) is 0 Å². The molecule has 1 aliphatic heterocycles. The fourth-order valence-corrected chi connectivity index (χ4v) is 1.67. The van der Waals surface area contributed by atoms with E-state index < -0.39 is 0 Å². The van der Waals surface area contributed by atoms with Crippen LogP contribution in [0.2, 0.25) is 0 Å². The van der Waals surface area contributed by atoms with Crippen molar-refractivity contribution in [3.05, 3.63) is 30.3 Å². The summed E-state index contributed by atoms with van der Waals surface area (Å²) in [5, 5.41) is 7.49. The summed E-state index contributed by atoms with van der Waals surface area (Å²) in [6.07, 6.45) is 8.24. The quantitative estimate of drug-likeness (QED) is 0.806. The molecule has 1 aromatic rings. The summed E-state index contributed by atoms with van der Waals surface area (Å²) in [6.45, 7) is 1.75. The summed E-state index contributed by atoms with van der Waals surface area (Å²) in [6, 6.07) is 2.02. The van der Waals surface area contributed by atoms with E-state index >= 15 is 0 Å². The summed E-state index contributed by atoms with van der Waals surface area (Å²) < 4.78 is 7.35. The number of allylic oxidation sites excluding steroid dienone is 1. The number of aromatic nitrogens is 2. The van der Waals surface area contributed by atoms with Crippen LogP contribution in [-0.2, 0) is 18.3 Å². The van der Waals surface area contributed by atoms with Crippen LogP contribution >= 0.6 is 0 Å². The van der Waals surface area contributed by atoms with Crippen molar-refractivity contribution in [1.29, 1.82) is 0 Å². The Balaban J connectivity index is 1.71. The normalized spacial score (nSPS) is 20.2. The first-order valence-corrected chi connectivity index (χ1v) is 5.34. The molecule has 4 nitrogen and oxygen atoms in total. The average Bonchev–Trinajstić information content (AvgIpc) is 2.66. The Morgan fingerprint density at radius 2 is 2.60 bits per heavy atom. The van der Waals surface area contributed by atoms with Gasteiger partial charge in [0, 0.05) is 26.3 Å². The van der Waals surface area contributed by atoms with Crippen molar-refractivity contribution in [2.75, 3.05) is 6.54 Å². The molecule has 0 aromatic carbocycles. The first-order valence-electron chi connectivity index (χ1n) is 5.34. The molecule has 2 rings (SSSR count). The molecule has 0 saturated carbocycles. The van der Waals surface area contributed by atoms with Crippen LogP contribution in [0.5, 0.6) is 0 Å². The Bertz CT molecular complexity index is 332. The third-order valence-corrected chi connectivity index (χ3v) is 2.62. The minimum atomic E-state index is 0.322. The van der Waals surface area contributed by atoms with Gasteiger partial charge in [0.1, 0.15) is 6.10 Å². The van der Waals surface area contributed by atoms with E-state index in [1.807, 2.05) is 24.0 Å². The zero-order valence-corrected chi connectivity index (χ0v) is 9.02. The lowest BCUT2D eigenvalue weighted by Crippen LogP contribution is -2.29. The molecule has 0 spiro atoms. The standard InChI is InChI=1S/C11H17N3O/c1-14-10(5-6-13-14)8-12-9-11-4-2-3-7-15-11/h3,5-7,11-12H,2,4,8-9H2,1H3. The van der Waals surface area contributed by atoms with E-state index in [1.54, 1.807) is 6.26 Å². The van der Waals surface area contributed by atoms with Crippen molar-refractivity contribution in [3.63, 3.8) is 0 Å². The van der Waals surface area contributed by atoms with Gasteiger partial charge < -0.3 is 10.1 Å². The van der Waals surface area contributed by atoms with E-state index in [1.165, 1.54) is 5.69 Å². The highest BCUT2D eigenvalue weighted by Crippen LogP contribution is 2.09. The zero-order chi connectivity index (χ0) is 10.5. The molecule has 82 valence electrons. The molecule has 1 unspecified atom stereocenters. The monoisotopic (exact) mass is 207 g/mol. The Morgan fingerprint density at radius 1 is 1.67 bits per heavy atom. The molecular formula is C11H17N3O. The molecule has 1 aliphatic rings.